The van der Waals surface area contributed by atoms with Crippen LogP contribution in [0.1, 0.15) is 77.1 Å². The van der Waals surface area contributed by atoms with E-state index in [9.17, 15) is 19.2 Å². The van der Waals surface area contributed by atoms with Crippen LogP contribution in [0.25, 0.3) is 44.2 Å². The van der Waals surface area contributed by atoms with Crippen molar-refractivity contribution in [2.24, 2.45) is 11.8 Å². The van der Waals surface area contributed by atoms with Crippen LogP contribution in [0, 0.1) is 11.8 Å². The normalized spacial score (nSPS) is 18.1. The third-order valence-electron chi connectivity index (χ3n) is 11.0. The molecule has 15 heteroatoms. The molecule has 4 atom stereocenters. The Morgan fingerprint density at radius 3 is 1.64 bits per heavy atom. The second-order valence-electron chi connectivity index (χ2n) is 15.3. The zero-order chi connectivity index (χ0) is 39.7. The van der Waals surface area contributed by atoms with E-state index in [4.69, 9.17) is 24.4 Å². The maximum Gasteiger partial charge on any atom is 0.407 e. The lowest BCUT2D eigenvalue weighted by molar-refractivity contribution is -0.136. The van der Waals surface area contributed by atoms with E-state index in [0.717, 1.165) is 69.9 Å². The number of pyridine rings is 1. The van der Waals surface area contributed by atoms with E-state index in [1.807, 2.05) is 46.0 Å². The predicted octanol–water partition coefficient (Wildman–Crippen LogP) is 6.26. The van der Waals surface area contributed by atoms with Crippen LogP contribution >= 0.6 is 0 Å². The molecule has 3 aromatic heterocycles. The number of hydrogen-bond donors (Lipinski definition) is 4. The van der Waals surface area contributed by atoms with E-state index < -0.39 is 24.3 Å². The van der Waals surface area contributed by atoms with Gasteiger partial charge in [0.1, 0.15) is 23.7 Å². The summed E-state index contributed by atoms with van der Waals surface area (Å²) >= 11 is 0. The first kappa shape index (κ1) is 38.3. The van der Waals surface area contributed by atoms with Crippen molar-refractivity contribution in [2.45, 2.75) is 77.5 Å². The Balaban J connectivity index is 1.08. The summed E-state index contributed by atoms with van der Waals surface area (Å²) in [5.74, 6) is 0.883. The highest BCUT2D eigenvalue weighted by atomic mass is 16.5. The molecule has 2 aliphatic heterocycles. The SMILES string of the molecule is COC(=O)N[C@H](C(=O)N1CCC[C@H]1c1ncc(-c2ccc3c(cnc4cc(-c5cnc([C@@H]6CCCN6C(=O)[C@@H](NC(=O)OC)C(C)C)[nH]5)ccc43)c2)[nH]1)C(C)C. The lowest BCUT2D eigenvalue weighted by atomic mass is 10.0. The largest absolute Gasteiger partial charge is 0.453 e. The molecule has 0 radical (unpaired) electrons. The Morgan fingerprint density at radius 1 is 0.679 bits per heavy atom. The quantitative estimate of drug-likeness (QED) is 0.119. The van der Waals surface area contributed by atoms with Crippen molar-refractivity contribution in [3.05, 3.63) is 66.6 Å². The second kappa shape index (κ2) is 16.0. The van der Waals surface area contributed by atoms with E-state index >= 15 is 0 Å². The van der Waals surface area contributed by atoms with E-state index in [1.165, 1.54) is 14.2 Å². The molecule has 2 fully saturated rings. The van der Waals surface area contributed by atoms with Crippen LogP contribution in [0.3, 0.4) is 0 Å². The molecule has 0 unspecified atom stereocenters. The molecule has 7 rings (SSSR count). The number of hydrogen-bond acceptors (Lipinski definition) is 9. The van der Waals surface area contributed by atoms with Gasteiger partial charge in [-0.15, -0.1) is 0 Å². The lowest BCUT2D eigenvalue weighted by Gasteiger charge is -2.30. The average Bonchev–Trinajstić information content (AvgIpc) is 4.04. The zero-order valence-electron chi connectivity index (χ0n) is 32.6. The van der Waals surface area contributed by atoms with Gasteiger partial charge in [-0.05, 0) is 55.0 Å². The number of H-pyrrole nitrogens is 2. The number of benzene rings is 2. The summed E-state index contributed by atoms with van der Waals surface area (Å²) in [6, 6.07) is 10.5. The van der Waals surface area contributed by atoms with Gasteiger partial charge in [-0.25, -0.2) is 19.6 Å². The van der Waals surface area contributed by atoms with Gasteiger partial charge in [-0.3, -0.25) is 14.6 Å². The molecular formula is C41H49N9O6. The molecule has 2 aliphatic rings. The molecule has 4 N–H and O–H groups in total. The molecule has 5 aromatic rings. The zero-order valence-corrected chi connectivity index (χ0v) is 32.6. The maximum atomic E-state index is 13.6. The summed E-state index contributed by atoms with van der Waals surface area (Å²) in [5.41, 5.74) is 4.36. The number of rotatable bonds is 10. The Kier molecular flexibility index (Phi) is 10.9. The standard InChI is InChI=1S/C41H49N9O6/c1-22(2)34(47-40(53)55-5)38(51)49-15-7-9-32(49)36-43-20-30(45-36)24-11-13-27-26(17-24)19-42-29-18-25(12-14-28(27)29)31-21-44-37(46-31)33-10-8-16-50(33)39(52)35(23(3)4)48-41(54)56-6/h11-14,17-23,32-35H,7-10,15-16H2,1-6H3,(H,43,45)(H,44,46)(H,47,53)(H,48,54)/t32-,33-,34-,35-/m0/s1. The number of alkyl carbamates (subject to hydrolysis) is 2. The van der Waals surface area contributed by atoms with Crippen molar-refractivity contribution in [3.8, 4) is 22.5 Å². The summed E-state index contributed by atoms with van der Waals surface area (Å²) in [5, 5.41) is 8.43. The summed E-state index contributed by atoms with van der Waals surface area (Å²) in [6.07, 6.45) is 7.40. The Hall–Kier alpha value is -5.99. The van der Waals surface area contributed by atoms with Gasteiger partial charge in [-0.2, -0.15) is 0 Å². The van der Waals surface area contributed by atoms with Crippen molar-refractivity contribution >= 4 is 45.7 Å². The highest BCUT2D eigenvalue weighted by Gasteiger charge is 2.39. The molecule has 0 aliphatic carbocycles. The van der Waals surface area contributed by atoms with Crippen LogP contribution in [-0.2, 0) is 19.1 Å². The van der Waals surface area contributed by atoms with E-state index in [0.29, 0.717) is 24.7 Å². The smallest absolute Gasteiger partial charge is 0.407 e. The number of carbonyl (C=O) groups is 4. The van der Waals surface area contributed by atoms with Gasteiger partial charge >= 0.3 is 12.2 Å². The minimum Gasteiger partial charge on any atom is -0.453 e. The van der Waals surface area contributed by atoms with Crippen LogP contribution in [0.5, 0.6) is 0 Å². The number of amides is 4. The molecule has 294 valence electrons. The first-order chi connectivity index (χ1) is 27.0. The predicted molar refractivity (Wildman–Crippen MR) is 210 cm³/mol. The number of carbonyl (C=O) groups excluding carboxylic acids is 4. The lowest BCUT2D eigenvalue weighted by Crippen LogP contribution is -2.51. The van der Waals surface area contributed by atoms with Crippen LogP contribution in [0.15, 0.2) is 55.0 Å². The highest BCUT2D eigenvalue weighted by molar-refractivity contribution is 6.07. The monoisotopic (exact) mass is 763 g/mol. The first-order valence-electron chi connectivity index (χ1n) is 19.2. The summed E-state index contributed by atoms with van der Waals surface area (Å²) in [7, 11) is 2.57. The Bertz CT molecular complexity index is 2110. The first-order valence-corrected chi connectivity index (χ1v) is 19.2. The molecule has 0 bridgehead atoms. The molecule has 0 saturated carbocycles. The van der Waals surface area contributed by atoms with Gasteiger partial charge in [0.2, 0.25) is 11.8 Å². The Morgan fingerprint density at radius 2 is 1.16 bits per heavy atom. The van der Waals surface area contributed by atoms with Gasteiger partial charge in [0.05, 0.1) is 55.6 Å². The molecular weight excluding hydrogens is 715 g/mol. The number of imidazole rings is 2. The number of aromatic amines is 2. The van der Waals surface area contributed by atoms with Crippen LogP contribution in [0.2, 0.25) is 0 Å². The number of likely N-dealkylation sites (tertiary alicyclic amines) is 2. The molecule has 15 nitrogen and oxygen atoms in total. The van der Waals surface area contributed by atoms with Gasteiger partial charge in [0, 0.05) is 41.2 Å². The van der Waals surface area contributed by atoms with Gasteiger partial charge in [0.15, 0.2) is 0 Å². The highest BCUT2D eigenvalue weighted by Crippen LogP contribution is 2.36. The molecule has 0 spiro atoms. The number of aromatic nitrogens is 5. The summed E-state index contributed by atoms with van der Waals surface area (Å²) in [4.78, 5) is 75.9. The van der Waals surface area contributed by atoms with Gasteiger partial charge in [-0.1, -0.05) is 52.0 Å². The second-order valence-corrected chi connectivity index (χ2v) is 15.3. The maximum absolute atomic E-state index is 13.6. The minimum atomic E-state index is -0.700. The molecule has 56 heavy (non-hydrogen) atoms. The number of fused-ring (bicyclic) bond motifs is 3. The minimum absolute atomic E-state index is 0.114. The third kappa shape index (κ3) is 7.49. The average molecular weight is 764 g/mol. The third-order valence-corrected chi connectivity index (χ3v) is 11.0. The van der Waals surface area contributed by atoms with Crippen LogP contribution in [-0.4, -0.2) is 98.1 Å². The molecule has 5 heterocycles. The fourth-order valence-corrected chi connectivity index (χ4v) is 7.95. The Labute approximate surface area is 324 Å². The molecule has 2 aromatic carbocycles. The molecule has 4 amide bonds. The van der Waals surface area contributed by atoms with Crippen molar-refractivity contribution in [1.29, 1.82) is 0 Å². The number of ether oxygens (including phenoxy) is 2. The van der Waals surface area contributed by atoms with Crippen molar-refractivity contribution in [2.75, 3.05) is 27.3 Å². The summed E-state index contributed by atoms with van der Waals surface area (Å²) < 4.78 is 9.53. The van der Waals surface area contributed by atoms with Crippen LogP contribution in [0.4, 0.5) is 9.59 Å². The van der Waals surface area contributed by atoms with E-state index in [-0.39, 0.29) is 35.7 Å². The number of methoxy groups -OCH3 is 2. The molecule has 2 saturated heterocycles. The van der Waals surface area contributed by atoms with Crippen molar-refractivity contribution in [3.63, 3.8) is 0 Å². The topological polar surface area (TPSA) is 188 Å². The summed E-state index contributed by atoms with van der Waals surface area (Å²) in [6.45, 7) is 8.75. The van der Waals surface area contributed by atoms with E-state index in [1.54, 1.807) is 22.2 Å². The van der Waals surface area contributed by atoms with Gasteiger partial charge in [0.25, 0.3) is 0 Å². The van der Waals surface area contributed by atoms with Crippen LogP contribution < -0.4 is 10.6 Å². The fraction of sp³-hybridized carbons (Fsp3) is 0.439. The van der Waals surface area contributed by atoms with Crippen molar-refractivity contribution in [1.82, 2.24) is 45.4 Å². The number of nitrogens with zero attached hydrogens (tertiary/aromatic N) is 5. The van der Waals surface area contributed by atoms with E-state index in [2.05, 4.69) is 44.9 Å². The fourth-order valence-electron chi connectivity index (χ4n) is 7.95. The van der Waals surface area contributed by atoms with Gasteiger partial charge < -0.3 is 39.9 Å². The number of nitrogens with one attached hydrogen (secondary N) is 4. The van der Waals surface area contributed by atoms with Crippen molar-refractivity contribution < 1.29 is 28.7 Å².